The Hall–Kier alpha value is -2.27. The normalized spacial score (nSPS) is 40.7. The molecule has 2 bridgehead atoms. The molecule has 5 fully saturated rings. The van der Waals surface area contributed by atoms with Gasteiger partial charge in [0.1, 0.15) is 12.2 Å². The summed E-state index contributed by atoms with van der Waals surface area (Å²) in [6, 6.07) is 0. The summed E-state index contributed by atoms with van der Waals surface area (Å²) < 4.78 is 93.4. The van der Waals surface area contributed by atoms with Crippen molar-refractivity contribution in [3.8, 4) is 0 Å². The number of hydrogen-bond acceptors (Lipinski definition) is 14. The minimum atomic E-state index is -5.51. The van der Waals surface area contributed by atoms with Gasteiger partial charge >= 0.3 is 38.7 Å². The molecule has 5 aliphatic rings. The average molecular weight is 771 g/mol. The lowest BCUT2D eigenvalue weighted by atomic mass is 9.40. The highest BCUT2D eigenvalue weighted by Gasteiger charge is 2.72. The Balaban J connectivity index is 1.59. The van der Waals surface area contributed by atoms with Gasteiger partial charge in [0.2, 0.25) is 0 Å². The number of aliphatic hydroxyl groups excluding tert-OH is 2. The molecule has 18 nitrogen and oxygen atoms in total. The molecule has 4 aliphatic carbocycles. The van der Waals surface area contributed by atoms with Crippen molar-refractivity contribution >= 4 is 38.7 Å². The van der Waals surface area contributed by atoms with Crippen LogP contribution in [0.1, 0.15) is 72.1 Å². The Morgan fingerprint density at radius 3 is 2.08 bits per heavy atom. The van der Waals surface area contributed by atoms with E-state index in [0.29, 0.717) is 31.3 Å². The second-order valence-electron chi connectivity index (χ2n) is 15.3. The van der Waals surface area contributed by atoms with Crippen LogP contribution < -0.4 is 0 Å². The monoisotopic (exact) mass is 770 g/mol. The fourth-order valence-corrected chi connectivity index (χ4v) is 11.3. The lowest BCUT2D eigenvalue weighted by Crippen LogP contribution is -2.67. The highest BCUT2D eigenvalue weighted by molar-refractivity contribution is 7.81. The predicted molar refractivity (Wildman–Crippen MR) is 169 cm³/mol. The maximum absolute atomic E-state index is 13.1. The predicted octanol–water partition coefficient (Wildman–Crippen LogP) is 1.12. The number of carboxylic acid groups (broad SMARTS) is 2. The number of esters is 1. The van der Waals surface area contributed by atoms with E-state index >= 15 is 0 Å². The van der Waals surface area contributed by atoms with Gasteiger partial charge in [-0.25, -0.2) is 8.37 Å². The molecule has 0 aromatic rings. The van der Waals surface area contributed by atoms with Crippen LogP contribution in [0.2, 0.25) is 0 Å². The molecular weight excluding hydrogens is 724 g/mol. The van der Waals surface area contributed by atoms with E-state index in [-0.39, 0.29) is 37.0 Å². The lowest BCUT2D eigenvalue weighted by molar-refractivity contribution is -0.318. The molecule has 4 saturated carbocycles. The number of aliphatic hydroxyl groups is 2. The van der Waals surface area contributed by atoms with Crippen LogP contribution in [-0.4, -0.2) is 114 Å². The summed E-state index contributed by atoms with van der Waals surface area (Å²) in [5.41, 5.74) is -3.52. The average Bonchev–Trinajstić information content (AvgIpc) is 3.16. The van der Waals surface area contributed by atoms with E-state index in [1.165, 1.54) is 0 Å². The highest BCUT2D eigenvalue weighted by Crippen LogP contribution is 2.72. The Morgan fingerprint density at radius 2 is 1.53 bits per heavy atom. The van der Waals surface area contributed by atoms with Crippen molar-refractivity contribution in [1.82, 2.24) is 0 Å². The van der Waals surface area contributed by atoms with Gasteiger partial charge in [0.15, 0.2) is 23.9 Å². The van der Waals surface area contributed by atoms with E-state index < -0.39 is 117 Å². The van der Waals surface area contributed by atoms with Crippen LogP contribution in [0.25, 0.3) is 0 Å². The first-order valence-corrected chi connectivity index (χ1v) is 19.5. The Labute approximate surface area is 295 Å². The van der Waals surface area contributed by atoms with Crippen LogP contribution in [0.3, 0.4) is 0 Å². The topological polar surface area (TPSA) is 287 Å². The number of carbonyl (C=O) groups excluding carboxylic acids is 1. The first-order valence-electron chi connectivity index (χ1n) is 16.7. The zero-order chi connectivity index (χ0) is 38.1. The van der Waals surface area contributed by atoms with Crippen LogP contribution in [-0.2, 0) is 57.8 Å². The van der Waals surface area contributed by atoms with Crippen LogP contribution in [0.4, 0.5) is 0 Å². The molecule has 1 spiro atoms. The molecular formula is C31H46O18S2. The second-order valence-corrected chi connectivity index (χ2v) is 17.4. The maximum atomic E-state index is 13.1. The SMILES string of the molecule is C=C1C2CC[C@@H]3[C@@](CCC4C(C(=O)O)(C(=O)O)CC(O[C@H]5O[C@H](CO)[C@@H](OS(=O)(=O)O)[C@H](OS(=O)(=O)O)[C@H]5OC(=O)CC(C)C)C[C@]43C)(C2)[C@H]1O. The molecule has 20 heteroatoms. The van der Waals surface area contributed by atoms with Crippen molar-refractivity contribution in [3.63, 3.8) is 0 Å². The third-order valence-corrected chi connectivity index (χ3v) is 12.9. The van der Waals surface area contributed by atoms with Gasteiger partial charge in [-0.05, 0) is 73.2 Å². The molecule has 12 atom stereocenters. The third-order valence-electron chi connectivity index (χ3n) is 12.0. The van der Waals surface area contributed by atoms with Crippen LogP contribution in [0, 0.1) is 39.9 Å². The van der Waals surface area contributed by atoms with Gasteiger partial charge in [0.05, 0.1) is 18.8 Å². The summed E-state index contributed by atoms with van der Waals surface area (Å²) >= 11 is 0. The summed E-state index contributed by atoms with van der Waals surface area (Å²) in [6.07, 6.45) is -11.5. The molecule has 0 aromatic carbocycles. The molecule has 290 valence electrons. The summed E-state index contributed by atoms with van der Waals surface area (Å²) in [4.78, 5) is 39.3. The minimum absolute atomic E-state index is 0.00133. The first kappa shape index (κ1) is 39.9. The van der Waals surface area contributed by atoms with Crippen molar-refractivity contribution in [2.75, 3.05) is 6.61 Å². The molecule has 3 unspecified atom stereocenters. The maximum Gasteiger partial charge on any atom is 0.397 e. The summed E-state index contributed by atoms with van der Waals surface area (Å²) in [6.45, 7) is 8.03. The molecule has 1 saturated heterocycles. The highest BCUT2D eigenvalue weighted by atomic mass is 32.3. The lowest BCUT2D eigenvalue weighted by Gasteiger charge is -2.64. The van der Waals surface area contributed by atoms with E-state index in [2.05, 4.69) is 10.8 Å². The van der Waals surface area contributed by atoms with E-state index in [1.807, 2.05) is 0 Å². The Kier molecular flexibility index (Phi) is 10.8. The van der Waals surface area contributed by atoms with Crippen molar-refractivity contribution in [2.24, 2.45) is 39.9 Å². The molecule has 51 heavy (non-hydrogen) atoms. The van der Waals surface area contributed by atoms with E-state index in [0.717, 1.165) is 0 Å². The first-order chi connectivity index (χ1) is 23.5. The van der Waals surface area contributed by atoms with E-state index in [9.17, 15) is 60.8 Å². The van der Waals surface area contributed by atoms with Gasteiger partial charge in [0.25, 0.3) is 0 Å². The zero-order valence-electron chi connectivity index (χ0n) is 28.3. The van der Waals surface area contributed by atoms with Gasteiger partial charge in [-0.3, -0.25) is 23.5 Å². The number of rotatable bonds is 12. The van der Waals surface area contributed by atoms with Crippen LogP contribution in [0.15, 0.2) is 12.2 Å². The quantitative estimate of drug-likeness (QED) is 0.0533. The molecule has 5 rings (SSSR count). The number of hydrogen-bond donors (Lipinski definition) is 6. The molecule has 0 amide bonds. The number of carboxylic acids is 2. The molecule has 1 heterocycles. The fraction of sp³-hybridized carbons (Fsp3) is 0.839. The van der Waals surface area contributed by atoms with Gasteiger partial charge < -0.3 is 34.6 Å². The van der Waals surface area contributed by atoms with Crippen LogP contribution in [0.5, 0.6) is 0 Å². The van der Waals surface area contributed by atoms with Gasteiger partial charge in [-0.2, -0.15) is 16.8 Å². The molecule has 0 aromatic heterocycles. The fourth-order valence-electron chi connectivity index (χ4n) is 10.3. The smallest absolute Gasteiger partial charge is 0.397 e. The second kappa shape index (κ2) is 13.9. The summed E-state index contributed by atoms with van der Waals surface area (Å²) in [5, 5.41) is 42.9. The number of aliphatic carboxylic acids is 2. The number of carbonyl (C=O) groups is 3. The van der Waals surface area contributed by atoms with Crippen LogP contribution >= 0.6 is 0 Å². The largest absolute Gasteiger partial charge is 0.480 e. The molecule has 1 aliphatic heterocycles. The van der Waals surface area contributed by atoms with Crippen molar-refractivity contribution in [2.45, 2.75) is 115 Å². The number of fused-ring (bicyclic) bond motifs is 3. The van der Waals surface area contributed by atoms with Gasteiger partial charge in [-0.15, -0.1) is 0 Å². The standard InChI is InChI=1S/C31H46O18S2/c1-14(2)9-21(33)47-24-23(49-51(42,43)44)22(48-50(39,40)41)18(13-32)46-26(24)45-17-11-29(4)19-6-5-16-10-30(19,25(34)15(16)3)8-7-20(29)31(12-17,27(35)36)28(37)38/h14,16-20,22-26,32,34H,3,5-13H2,1-2,4H3,(H,35,36)(H,37,38)(H,39,40,41)(H,42,43,44)/t16?,17?,18-,19+,20?,22-,23+,24-,25+,26+,29+,30-/m1/s1. The van der Waals surface area contributed by atoms with Crippen molar-refractivity contribution in [3.05, 3.63) is 12.2 Å². The van der Waals surface area contributed by atoms with E-state index in [1.54, 1.807) is 20.8 Å². The molecule has 0 radical (unpaired) electrons. The summed E-state index contributed by atoms with van der Waals surface area (Å²) in [5.74, 6) is -5.84. The minimum Gasteiger partial charge on any atom is -0.480 e. The van der Waals surface area contributed by atoms with Gasteiger partial charge in [-0.1, -0.05) is 27.4 Å². The Morgan fingerprint density at radius 1 is 0.922 bits per heavy atom. The Bertz CT molecular complexity index is 1610. The van der Waals surface area contributed by atoms with Gasteiger partial charge in [0, 0.05) is 18.3 Å². The zero-order valence-corrected chi connectivity index (χ0v) is 30.0. The van der Waals surface area contributed by atoms with Crippen molar-refractivity contribution < 1.29 is 83.3 Å². The third kappa shape index (κ3) is 7.20. The molecule has 6 N–H and O–H groups in total. The van der Waals surface area contributed by atoms with Crippen molar-refractivity contribution in [1.29, 1.82) is 0 Å². The summed E-state index contributed by atoms with van der Waals surface area (Å²) in [7, 11) is -11.0. The number of ether oxygens (including phenoxy) is 3. The van der Waals surface area contributed by atoms with E-state index in [4.69, 9.17) is 18.4 Å².